The number of esters is 7. The van der Waals surface area contributed by atoms with Crippen LogP contribution in [0.5, 0.6) is 0 Å². The van der Waals surface area contributed by atoms with E-state index >= 15 is 0 Å². The highest BCUT2D eigenvalue weighted by atomic mass is 16.8. The molecule has 3 aliphatic rings. The zero-order chi connectivity index (χ0) is 60.6. The number of carbonyl (C=O) groups excluding carboxylic acids is 8. The van der Waals surface area contributed by atoms with Crippen molar-refractivity contribution >= 4 is 47.7 Å². The molecular formula is C52H83NO29. The fourth-order valence-electron chi connectivity index (χ4n) is 7.96. The highest BCUT2D eigenvalue weighted by molar-refractivity contribution is 5.83. The average Bonchev–Trinajstić information content (AvgIpc) is 3.46. The number of hydrogen-bond donors (Lipinski definition) is 0. The van der Waals surface area contributed by atoms with Gasteiger partial charge >= 0.3 is 41.8 Å². The van der Waals surface area contributed by atoms with E-state index < -0.39 is 140 Å². The Hall–Kier alpha value is -5.06. The summed E-state index contributed by atoms with van der Waals surface area (Å²) in [6.07, 6.45) is -17.1. The molecule has 0 aromatic carbocycles. The standard InChI is InChI=1S/C52H83NO29/c1-12-13-62-14-15-63-16-17-64-18-19-65-20-21-66-22-23-67-24-25-68-26-40(27-71-39-28-72-52(9,73-29-39)51(61)53(10)11)79-49-47(77-37(7)59)46(76-36(6)58)44(42(80-49)31-70-33(3)55)82-50-48(78-38(8)60)45(75-35(5)57)43(74-34(4)56)41(81-50)30-69-32(2)54/h12,39-50H,1,13-31H2,2-11H3/t39?,40?,41?,42-,43-,44+,45-,46?,47?,48?,49+,50-,52?/m0/s1. The van der Waals surface area contributed by atoms with E-state index in [2.05, 4.69) is 6.58 Å². The molecule has 11 atom stereocenters. The van der Waals surface area contributed by atoms with Crippen LogP contribution < -0.4 is 0 Å². The molecule has 3 rings (SSSR count). The van der Waals surface area contributed by atoms with Crippen LogP contribution in [0.15, 0.2) is 12.7 Å². The van der Waals surface area contributed by atoms with E-state index in [1.807, 2.05) is 0 Å². The van der Waals surface area contributed by atoms with Crippen LogP contribution in [0, 0.1) is 0 Å². The first-order chi connectivity index (χ1) is 39.0. The third-order valence-corrected chi connectivity index (χ3v) is 11.4. The largest absolute Gasteiger partial charge is 0.463 e. The van der Waals surface area contributed by atoms with Crippen LogP contribution in [-0.2, 0) is 138 Å². The molecule has 0 aromatic rings. The molecule has 0 saturated carbocycles. The van der Waals surface area contributed by atoms with E-state index in [1.54, 1.807) is 20.2 Å². The molecule has 0 bridgehead atoms. The lowest BCUT2D eigenvalue weighted by molar-refractivity contribution is -0.366. The van der Waals surface area contributed by atoms with Crippen LogP contribution in [0.3, 0.4) is 0 Å². The lowest BCUT2D eigenvalue weighted by atomic mass is 9.96. The average molecular weight is 1190 g/mol. The molecule has 3 saturated heterocycles. The van der Waals surface area contributed by atoms with Crippen LogP contribution >= 0.6 is 0 Å². The lowest BCUT2D eigenvalue weighted by Crippen LogP contribution is -2.67. The lowest BCUT2D eigenvalue weighted by Gasteiger charge is -2.49. The first-order valence-corrected chi connectivity index (χ1v) is 26.6. The van der Waals surface area contributed by atoms with Crippen LogP contribution in [-0.4, -0.2) is 272 Å². The van der Waals surface area contributed by atoms with Gasteiger partial charge in [0.2, 0.25) is 5.79 Å². The second-order valence-electron chi connectivity index (χ2n) is 18.6. The monoisotopic (exact) mass is 1190 g/mol. The van der Waals surface area contributed by atoms with Crippen molar-refractivity contribution in [1.82, 2.24) is 4.90 Å². The topological polar surface area (TPSA) is 334 Å². The number of amides is 1. The maximum Gasteiger partial charge on any atom is 0.303 e. The predicted molar refractivity (Wildman–Crippen MR) is 273 cm³/mol. The highest BCUT2D eigenvalue weighted by Gasteiger charge is 2.58. The third kappa shape index (κ3) is 27.1. The van der Waals surface area contributed by atoms with E-state index in [4.69, 9.17) is 99.5 Å². The van der Waals surface area contributed by atoms with E-state index in [0.717, 1.165) is 48.5 Å². The summed E-state index contributed by atoms with van der Waals surface area (Å²) < 4.78 is 121. The summed E-state index contributed by atoms with van der Waals surface area (Å²) in [4.78, 5) is 102. The molecule has 0 N–H and O–H groups in total. The molecule has 5 unspecified atom stereocenters. The van der Waals surface area contributed by atoms with Gasteiger partial charge in [-0.2, -0.15) is 0 Å². The van der Waals surface area contributed by atoms with Crippen LogP contribution in [0.2, 0.25) is 0 Å². The number of rotatable bonds is 39. The maximum absolute atomic E-state index is 13.1. The van der Waals surface area contributed by atoms with Crippen LogP contribution in [0.25, 0.3) is 0 Å². The van der Waals surface area contributed by atoms with E-state index in [1.165, 1.54) is 11.8 Å². The summed E-state index contributed by atoms with van der Waals surface area (Å²) >= 11 is 0. The maximum atomic E-state index is 13.1. The summed E-state index contributed by atoms with van der Waals surface area (Å²) in [5, 5.41) is 0. The van der Waals surface area contributed by atoms with Gasteiger partial charge in [-0.05, 0) is 6.92 Å². The number of hydrogen-bond acceptors (Lipinski definition) is 29. The summed E-state index contributed by atoms with van der Waals surface area (Å²) in [7, 11) is 3.10. The SMILES string of the molecule is C=CCOCCOCCOCCOCCOCCOCCOCC(COC1COC(C)(C(=O)N(C)C)OC1)O[C@@H]1O[C@@H](COC(C)=O)[C@@H](O[C@@H]2OC(COC(C)=O)[C@H](OC(C)=O)[C@H](OC(C)=O)C2OC(C)=O)C(OC(C)=O)C1OC(C)=O. The molecule has 0 radical (unpaired) electrons. The van der Waals surface area contributed by atoms with Gasteiger partial charge in [0.25, 0.3) is 5.91 Å². The number of nitrogens with zero attached hydrogens (tertiary/aromatic N) is 1. The second kappa shape index (κ2) is 38.7. The van der Waals surface area contributed by atoms with Crippen molar-refractivity contribution in [1.29, 1.82) is 0 Å². The summed E-state index contributed by atoms with van der Waals surface area (Å²) in [5.41, 5.74) is 0. The van der Waals surface area contributed by atoms with Crippen LogP contribution in [0.4, 0.5) is 0 Å². The van der Waals surface area contributed by atoms with Gasteiger partial charge in [0, 0.05) is 62.6 Å². The number of carbonyl (C=O) groups is 8. The Kier molecular flexibility index (Phi) is 33.6. The number of ether oxygens (including phenoxy) is 21. The Bertz CT molecular complexity index is 1970. The minimum absolute atomic E-state index is 0.0215. The number of likely N-dealkylation sites (N-methyl/N-ethyl adjacent to an activating group) is 1. The third-order valence-electron chi connectivity index (χ3n) is 11.4. The fraction of sp³-hybridized carbons (Fsp3) is 0.808. The zero-order valence-corrected chi connectivity index (χ0v) is 48.4. The fourth-order valence-corrected chi connectivity index (χ4v) is 7.96. The van der Waals surface area contributed by atoms with Crippen molar-refractivity contribution < 1.29 is 138 Å². The molecule has 1 amide bonds. The van der Waals surface area contributed by atoms with Crippen molar-refractivity contribution in [2.75, 3.05) is 140 Å². The zero-order valence-electron chi connectivity index (χ0n) is 48.4. The molecule has 0 aromatic heterocycles. The molecule has 30 nitrogen and oxygen atoms in total. The van der Waals surface area contributed by atoms with Crippen molar-refractivity contribution in [2.45, 2.75) is 135 Å². The Morgan fingerprint density at radius 3 is 1.30 bits per heavy atom. The van der Waals surface area contributed by atoms with Crippen molar-refractivity contribution in [3.8, 4) is 0 Å². The van der Waals surface area contributed by atoms with Crippen molar-refractivity contribution in [3.05, 3.63) is 12.7 Å². The summed E-state index contributed by atoms with van der Waals surface area (Å²) in [6.45, 7) is 14.7. The first kappa shape index (κ1) is 71.2. The quantitative estimate of drug-likeness (QED) is 0.0325. The Labute approximate surface area is 476 Å². The van der Waals surface area contributed by atoms with Gasteiger partial charge < -0.3 is 104 Å². The smallest absolute Gasteiger partial charge is 0.303 e. The van der Waals surface area contributed by atoms with Crippen molar-refractivity contribution in [3.63, 3.8) is 0 Å². The molecule has 3 fully saturated rings. The minimum atomic E-state index is -1.90. The molecule has 0 aliphatic carbocycles. The Morgan fingerprint density at radius 1 is 0.500 bits per heavy atom. The molecule has 0 spiro atoms. The van der Waals surface area contributed by atoms with Gasteiger partial charge in [-0.15, -0.1) is 6.58 Å². The molecule has 30 heteroatoms. The molecule has 82 heavy (non-hydrogen) atoms. The van der Waals surface area contributed by atoms with Gasteiger partial charge in [0.05, 0.1) is 112 Å². The van der Waals surface area contributed by atoms with Gasteiger partial charge in [-0.1, -0.05) is 6.08 Å². The Balaban J connectivity index is 1.83. The first-order valence-electron chi connectivity index (χ1n) is 26.6. The van der Waals surface area contributed by atoms with Crippen molar-refractivity contribution in [2.24, 2.45) is 0 Å². The van der Waals surface area contributed by atoms with Gasteiger partial charge in [0.15, 0.2) is 43.1 Å². The normalized spacial score (nSPS) is 26.5. The van der Waals surface area contributed by atoms with E-state index in [-0.39, 0.29) is 52.9 Å². The van der Waals surface area contributed by atoms with Gasteiger partial charge in [-0.3, -0.25) is 38.4 Å². The molecule has 3 heterocycles. The summed E-state index contributed by atoms with van der Waals surface area (Å²) in [5.74, 6) is -8.30. The van der Waals surface area contributed by atoms with Gasteiger partial charge in [0.1, 0.15) is 43.7 Å². The molecular weight excluding hydrogens is 1100 g/mol. The highest BCUT2D eigenvalue weighted by Crippen LogP contribution is 2.36. The summed E-state index contributed by atoms with van der Waals surface area (Å²) in [6, 6.07) is 0. The predicted octanol–water partition coefficient (Wildman–Crippen LogP) is -0.470. The van der Waals surface area contributed by atoms with Gasteiger partial charge in [-0.25, -0.2) is 0 Å². The second-order valence-corrected chi connectivity index (χ2v) is 18.6. The molecule has 3 aliphatic heterocycles. The minimum Gasteiger partial charge on any atom is -0.463 e. The Morgan fingerprint density at radius 2 is 0.878 bits per heavy atom. The molecule has 470 valence electrons. The van der Waals surface area contributed by atoms with E-state index in [9.17, 15) is 38.4 Å². The van der Waals surface area contributed by atoms with Crippen LogP contribution in [0.1, 0.15) is 55.4 Å². The van der Waals surface area contributed by atoms with E-state index in [0.29, 0.717) is 59.5 Å².